The van der Waals surface area contributed by atoms with Gasteiger partial charge in [0.1, 0.15) is 21.5 Å². The number of halogens is 1. The van der Waals surface area contributed by atoms with E-state index in [9.17, 15) is 30.8 Å². The van der Waals surface area contributed by atoms with Gasteiger partial charge in [-0.25, -0.2) is 17.5 Å². The molecule has 2 N–H and O–H groups in total. The summed E-state index contributed by atoms with van der Waals surface area (Å²) in [7, 11) is -7.90. The van der Waals surface area contributed by atoms with Crippen LogP contribution in [0.1, 0.15) is 48.8 Å². The number of aryl methyl sites for hydroxylation is 1. The van der Waals surface area contributed by atoms with Gasteiger partial charge in [0.05, 0.1) is 6.26 Å². The van der Waals surface area contributed by atoms with Crippen molar-refractivity contribution in [1.29, 1.82) is 0 Å². The predicted molar refractivity (Wildman–Crippen MR) is 145 cm³/mol. The van der Waals surface area contributed by atoms with Crippen molar-refractivity contribution in [2.75, 3.05) is 11.6 Å². The molecule has 2 aliphatic heterocycles. The van der Waals surface area contributed by atoms with E-state index in [2.05, 4.69) is 14.4 Å². The van der Waals surface area contributed by atoms with Crippen molar-refractivity contribution < 1.29 is 30.8 Å². The molecule has 2 fully saturated rings. The Morgan fingerprint density at radius 2 is 1.95 bits per heavy atom. The van der Waals surface area contributed by atoms with E-state index in [-0.39, 0.29) is 52.0 Å². The Morgan fingerprint density at radius 1 is 1.21 bits per heavy atom. The van der Waals surface area contributed by atoms with Gasteiger partial charge in [0, 0.05) is 30.6 Å². The van der Waals surface area contributed by atoms with Crippen LogP contribution in [0.25, 0.3) is 0 Å². The molecule has 1 aromatic carbocycles. The number of hydrogen-bond acceptors (Lipinski definition) is 8. The lowest BCUT2D eigenvalue weighted by Crippen LogP contribution is -2.59. The smallest absolute Gasteiger partial charge is 0.287 e. The number of hydrogen-bond donors (Lipinski definition) is 2. The molecule has 210 valence electrons. The van der Waals surface area contributed by atoms with Crippen LogP contribution in [-0.4, -0.2) is 51.6 Å². The SMILES string of the molecule is Cc1cc(CN2C(=O)C(C3=NS(=O)(=O)c4c(CNS(C)(=O)=O)csc4N3)C(=O)[C@@H]3CCCCC[C@@H]32)ccc1F. The molecule has 0 spiro atoms. The summed E-state index contributed by atoms with van der Waals surface area (Å²) in [6.45, 7) is 1.56. The molecule has 1 unspecified atom stereocenters. The number of nitrogens with zero attached hydrogens (tertiary/aromatic N) is 2. The van der Waals surface area contributed by atoms with Crippen molar-refractivity contribution in [3.63, 3.8) is 0 Å². The van der Waals surface area contributed by atoms with Crippen molar-refractivity contribution in [3.05, 3.63) is 46.1 Å². The maximum absolute atomic E-state index is 13.9. The van der Waals surface area contributed by atoms with Gasteiger partial charge in [-0.1, -0.05) is 31.4 Å². The van der Waals surface area contributed by atoms with Crippen LogP contribution in [0, 0.1) is 24.6 Å². The summed E-state index contributed by atoms with van der Waals surface area (Å²) in [4.78, 5) is 29.2. The van der Waals surface area contributed by atoms with Crippen molar-refractivity contribution in [2.45, 2.75) is 63.1 Å². The van der Waals surface area contributed by atoms with Crippen LogP contribution in [0.4, 0.5) is 9.39 Å². The van der Waals surface area contributed by atoms with E-state index in [0.717, 1.165) is 36.9 Å². The first-order chi connectivity index (χ1) is 18.4. The summed E-state index contributed by atoms with van der Waals surface area (Å²) in [5.74, 6) is -3.38. The third-order valence-electron chi connectivity index (χ3n) is 7.47. The highest BCUT2D eigenvalue weighted by atomic mass is 32.2. The number of rotatable bonds is 6. The van der Waals surface area contributed by atoms with Gasteiger partial charge in [-0.05, 0) is 42.3 Å². The van der Waals surface area contributed by atoms with Gasteiger partial charge in [0.2, 0.25) is 15.9 Å². The predicted octanol–water partition coefficient (Wildman–Crippen LogP) is 2.93. The van der Waals surface area contributed by atoms with Gasteiger partial charge >= 0.3 is 0 Å². The highest BCUT2D eigenvalue weighted by molar-refractivity contribution is 7.91. The zero-order valence-corrected chi connectivity index (χ0v) is 23.9. The maximum Gasteiger partial charge on any atom is 0.287 e. The zero-order valence-electron chi connectivity index (χ0n) is 21.4. The van der Waals surface area contributed by atoms with E-state index >= 15 is 0 Å². The van der Waals surface area contributed by atoms with Crippen LogP contribution in [0.15, 0.2) is 32.9 Å². The van der Waals surface area contributed by atoms with Crippen LogP contribution in [0.5, 0.6) is 0 Å². The number of Topliss-reactive ketones (excluding diaryl/α,β-unsaturated/α-hetero) is 1. The molecule has 39 heavy (non-hydrogen) atoms. The van der Waals surface area contributed by atoms with Crippen LogP contribution < -0.4 is 10.0 Å². The van der Waals surface area contributed by atoms with Gasteiger partial charge < -0.3 is 10.2 Å². The molecule has 3 heterocycles. The summed E-state index contributed by atoms with van der Waals surface area (Å²) in [5.41, 5.74) is 1.38. The molecule has 0 radical (unpaired) electrons. The molecule has 2 aromatic rings. The number of amides is 1. The van der Waals surface area contributed by atoms with E-state index in [0.29, 0.717) is 24.0 Å². The topological polar surface area (TPSA) is 142 Å². The number of anilines is 1. The molecule has 3 aliphatic rings. The molecule has 0 bridgehead atoms. The lowest BCUT2D eigenvalue weighted by Gasteiger charge is -2.43. The first-order valence-corrected chi connectivity index (χ1v) is 16.8. The Kier molecular flexibility index (Phi) is 7.42. The Morgan fingerprint density at radius 3 is 2.67 bits per heavy atom. The highest BCUT2D eigenvalue weighted by Gasteiger charge is 2.51. The average molecular weight is 597 g/mol. The van der Waals surface area contributed by atoms with Crippen LogP contribution in [-0.2, 0) is 42.7 Å². The number of carbonyl (C=O) groups is 2. The number of likely N-dealkylation sites (tertiary alicyclic amines) is 1. The van der Waals surface area contributed by atoms with Gasteiger partial charge in [-0.15, -0.1) is 15.7 Å². The lowest BCUT2D eigenvalue weighted by atomic mass is 9.77. The molecule has 1 aromatic heterocycles. The Balaban J connectivity index is 1.50. The molecule has 1 saturated heterocycles. The minimum atomic E-state index is -4.33. The second-order valence-electron chi connectivity index (χ2n) is 10.3. The van der Waals surface area contributed by atoms with Crippen molar-refractivity contribution >= 4 is 53.9 Å². The fourth-order valence-electron chi connectivity index (χ4n) is 5.63. The fraction of sp³-hybridized carbons (Fsp3) is 0.480. The van der Waals surface area contributed by atoms with Gasteiger partial charge in [0.15, 0.2) is 11.7 Å². The number of fused-ring (bicyclic) bond motifs is 2. The fourth-order valence-corrected chi connectivity index (χ4v) is 8.69. The number of amidine groups is 1. The third-order valence-corrected chi connectivity index (χ3v) is 10.6. The zero-order chi connectivity index (χ0) is 28.1. The number of piperidine rings is 1. The van der Waals surface area contributed by atoms with E-state index < -0.39 is 37.8 Å². The Hall–Kier alpha value is -2.68. The van der Waals surface area contributed by atoms with Gasteiger partial charge in [-0.3, -0.25) is 9.59 Å². The van der Waals surface area contributed by atoms with E-state index in [1.807, 2.05) is 0 Å². The molecule has 10 nitrogen and oxygen atoms in total. The molecule has 1 aliphatic carbocycles. The standard InChI is InChI=1S/C25H29FN4O6S3/c1-14-10-15(8-9-18(14)26)12-30-19-7-5-3-4-6-17(19)21(31)20(25(30)32)23-28-24-22(39(35,36)29-23)16(13-37-24)11-27-38(2,33)34/h8-10,13,17,19-20,27H,3-7,11-12H2,1-2H3,(H,28,29)/t17-,19+,20?/m1/s1. The summed E-state index contributed by atoms with van der Waals surface area (Å²) >= 11 is 1.03. The number of sulfonamides is 2. The minimum Gasteiger partial charge on any atom is -0.334 e. The van der Waals surface area contributed by atoms with Crippen LogP contribution >= 0.6 is 11.3 Å². The number of nitrogens with one attached hydrogen (secondary N) is 2. The summed E-state index contributed by atoms with van der Waals surface area (Å²) in [6.07, 6.45) is 4.81. The van der Waals surface area contributed by atoms with Crippen molar-refractivity contribution in [3.8, 4) is 0 Å². The second-order valence-corrected chi connectivity index (χ2v) is 14.5. The van der Waals surface area contributed by atoms with E-state index in [4.69, 9.17) is 0 Å². The first kappa shape index (κ1) is 27.9. The molecule has 5 rings (SSSR count). The summed E-state index contributed by atoms with van der Waals surface area (Å²) in [6, 6.07) is 4.29. The first-order valence-electron chi connectivity index (χ1n) is 12.6. The molecule has 1 amide bonds. The minimum absolute atomic E-state index is 0.163. The Labute approximate surface area is 230 Å². The normalized spacial score (nSPS) is 24.8. The largest absolute Gasteiger partial charge is 0.334 e. The van der Waals surface area contributed by atoms with Crippen LogP contribution in [0.3, 0.4) is 0 Å². The Bertz CT molecular complexity index is 1580. The highest BCUT2D eigenvalue weighted by Crippen LogP contribution is 2.41. The van der Waals surface area contributed by atoms with E-state index in [1.54, 1.807) is 24.0 Å². The van der Waals surface area contributed by atoms with Gasteiger partial charge in [-0.2, -0.15) is 8.42 Å². The summed E-state index contributed by atoms with van der Waals surface area (Å²) < 4.78 is 69.6. The molecular formula is C25H29FN4O6S3. The number of thiophene rings is 1. The lowest BCUT2D eigenvalue weighted by molar-refractivity contribution is -0.151. The number of benzene rings is 1. The molecule has 3 atom stereocenters. The van der Waals surface area contributed by atoms with E-state index in [1.165, 1.54) is 11.4 Å². The quantitative estimate of drug-likeness (QED) is 0.489. The third kappa shape index (κ3) is 5.52. The monoisotopic (exact) mass is 596 g/mol. The molecule has 14 heteroatoms. The molecular weight excluding hydrogens is 567 g/mol. The van der Waals surface area contributed by atoms with Gasteiger partial charge in [0.25, 0.3) is 10.0 Å². The number of ketones is 1. The summed E-state index contributed by atoms with van der Waals surface area (Å²) in [5, 5.41) is 4.58. The van der Waals surface area contributed by atoms with Crippen molar-refractivity contribution in [1.82, 2.24) is 9.62 Å². The maximum atomic E-state index is 13.9. The molecule has 1 saturated carbocycles. The number of carbonyl (C=O) groups excluding carboxylic acids is 2. The van der Waals surface area contributed by atoms with Crippen molar-refractivity contribution in [2.24, 2.45) is 16.2 Å². The average Bonchev–Trinajstić information content (AvgIpc) is 3.11. The van der Waals surface area contributed by atoms with Crippen LogP contribution in [0.2, 0.25) is 0 Å². The second kappa shape index (κ2) is 10.4.